The molecule has 0 saturated heterocycles. The van der Waals surface area contributed by atoms with E-state index in [1.165, 1.54) is 0 Å². The normalized spacial score (nSPS) is 12.5. The van der Waals surface area contributed by atoms with Gasteiger partial charge in [-0.2, -0.15) is 0 Å². The van der Waals surface area contributed by atoms with E-state index in [2.05, 4.69) is 0 Å². The van der Waals surface area contributed by atoms with Gasteiger partial charge in [-0.05, 0) is 30.5 Å². The molecule has 0 heterocycles. The summed E-state index contributed by atoms with van der Waals surface area (Å²) in [6.45, 7) is 1.92. The molecular weight excluding hydrogens is 210 g/mol. The first kappa shape index (κ1) is 12.2. The van der Waals surface area contributed by atoms with Gasteiger partial charge in [-0.1, -0.05) is 30.7 Å². The van der Waals surface area contributed by atoms with E-state index in [1.807, 2.05) is 31.2 Å². The van der Waals surface area contributed by atoms with E-state index in [-0.39, 0.29) is 11.8 Å². The van der Waals surface area contributed by atoms with Gasteiger partial charge in [-0.3, -0.25) is 4.79 Å². The molecule has 1 rings (SSSR count). The predicted molar refractivity (Wildman–Crippen MR) is 63.0 cm³/mol. The van der Waals surface area contributed by atoms with Crippen molar-refractivity contribution >= 4 is 17.4 Å². The molecule has 0 aliphatic heterocycles. The van der Waals surface area contributed by atoms with E-state index in [4.69, 9.17) is 17.3 Å². The first-order chi connectivity index (χ1) is 7.13. The summed E-state index contributed by atoms with van der Waals surface area (Å²) in [5.74, 6) is 0.132. The average Bonchev–Trinajstić information content (AvgIpc) is 2.26. The van der Waals surface area contributed by atoms with Crippen molar-refractivity contribution in [1.82, 2.24) is 0 Å². The molecule has 0 aliphatic carbocycles. The Labute approximate surface area is 95.4 Å². The number of carbonyl (C=O) groups excluding carboxylic acids is 1. The van der Waals surface area contributed by atoms with Crippen LogP contribution in [0.1, 0.15) is 25.3 Å². The molecule has 2 nitrogen and oxygen atoms in total. The predicted octanol–water partition coefficient (Wildman–Crippen LogP) is 2.58. The number of halogens is 1. The zero-order valence-corrected chi connectivity index (χ0v) is 9.63. The number of carbonyl (C=O) groups is 1. The van der Waals surface area contributed by atoms with Crippen LogP contribution in [-0.4, -0.2) is 11.8 Å². The molecule has 0 aromatic heterocycles. The molecule has 3 heteroatoms. The molecule has 0 aliphatic rings. The van der Waals surface area contributed by atoms with Gasteiger partial charge < -0.3 is 5.73 Å². The van der Waals surface area contributed by atoms with Gasteiger partial charge in [0.05, 0.1) is 6.04 Å². The first-order valence-corrected chi connectivity index (χ1v) is 5.54. The van der Waals surface area contributed by atoms with Crippen molar-refractivity contribution in [2.45, 2.75) is 32.2 Å². The van der Waals surface area contributed by atoms with Crippen molar-refractivity contribution in [2.24, 2.45) is 5.73 Å². The van der Waals surface area contributed by atoms with Gasteiger partial charge in [-0.25, -0.2) is 0 Å². The lowest BCUT2D eigenvalue weighted by Crippen LogP contribution is -2.29. The number of nitrogens with two attached hydrogens (primary N) is 1. The van der Waals surface area contributed by atoms with Crippen molar-refractivity contribution in [1.29, 1.82) is 0 Å². The van der Waals surface area contributed by atoms with Crippen LogP contribution in [0.4, 0.5) is 0 Å². The first-order valence-electron chi connectivity index (χ1n) is 5.16. The van der Waals surface area contributed by atoms with Crippen LogP contribution in [0, 0.1) is 0 Å². The van der Waals surface area contributed by atoms with Gasteiger partial charge in [-0.15, -0.1) is 0 Å². The summed E-state index contributed by atoms with van der Waals surface area (Å²) in [6, 6.07) is 7.24. The third kappa shape index (κ3) is 4.02. The highest BCUT2D eigenvalue weighted by molar-refractivity contribution is 6.30. The van der Waals surface area contributed by atoms with Crippen LogP contribution in [0.15, 0.2) is 24.3 Å². The molecule has 0 spiro atoms. The summed E-state index contributed by atoms with van der Waals surface area (Å²) < 4.78 is 0. The number of ketones is 1. The second-order valence-electron chi connectivity index (χ2n) is 3.61. The number of Topliss-reactive ketones (excluding diaryl/α,β-unsaturated/α-hetero) is 1. The zero-order valence-electron chi connectivity index (χ0n) is 8.87. The van der Waals surface area contributed by atoms with Gasteiger partial charge in [0.15, 0.2) is 0 Å². The molecule has 1 unspecified atom stereocenters. The average molecular weight is 226 g/mol. The fraction of sp³-hybridized carbons (Fsp3) is 0.417. The number of aryl methyl sites for hydroxylation is 1. The second-order valence-corrected chi connectivity index (χ2v) is 4.04. The molecule has 0 radical (unpaired) electrons. The highest BCUT2D eigenvalue weighted by Crippen LogP contribution is 2.11. The Morgan fingerprint density at radius 1 is 1.40 bits per heavy atom. The SMILES string of the molecule is CCC(N)C(=O)CCc1ccc(Cl)cc1. The van der Waals surface area contributed by atoms with Crippen LogP contribution in [0.25, 0.3) is 0 Å². The van der Waals surface area contributed by atoms with E-state index in [9.17, 15) is 4.79 Å². The Hall–Kier alpha value is -0.860. The second kappa shape index (κ2) is 5.89. The lowest BCUT2D eigenvalue weighted by Gasteiger charge is -2.07. The monoisotopic (exact) mass is 225 g/mol. The molecule has 0 amide bonds. The van der Waals surface area contributed by atoms with Crippen LogP contribution in [0.5, 0.6) is 0 Å². The van der Waals surface area contributed by atoms with Gasteiger partial charge in [0.25, 0.3) is 0 Å². The van der Waals surface area contributed by atoms with E-state index in [1.54, 1.807) is 0 Å². The summed E-state index contributed by atoms with van der Waals surface area (Å²) in [4.78, 5) is 11.5. The smallest absolute Gasteiger partial charge is 0.149 e. The summed E-state index contributed by atoms with van der Waals surface area (Å²) in [7, 11) is 0. The quantitative estimate of drug-likeness (QED) is 0.837. The maximum atomic E-state index is 11.5. The zero-order chi connectivity index (χ0) is 11.3. The number of hydrogen-bond donors (Lipinski definition) is 1. The number of rotatable bonds is 5. The van der Waals surface area contributed by atoms with Gasteiger partial charge in [0.2, 0.25) is 0 Å². The van der Waals surface area contributed by atoms with Gasteiger partial charge >= 0.3 is 0 Å². The maximum Gasteiger partial charge on any atom is 0.149 e. The summed E-state index contributed by atoms with van der Waals surface area (Å²) in [6.07, 6.45) is 1.96. The topological polar surface area (TPSA) is 43.1 Å². The molecule has 0 fully saturated rings. The molecule has 82 valence electrons. The minimum absolute atomic E-state index is 0.132. The van der Waals surface area contributed by atoms with Crippen molar-refractivity contribution in [3.8, 4) is 0 Å². The van der Waals surface area contributed by atoms with Crippen LogP contribution >= 0.6 is 11.6 Å². The lowest BCUT2D eigenvalue weighted by molar-refractivity contribution is -0.120. The molecule has 0 saturated carbocycles. The van der Waals surface area contributed by atoms with Crippen molar-refractivity contribution < 1.29 is 4.79 Å². The van der Waals surface area contributed by atoms with Crippen molar-refractivity contribution in [3.05, 3.63) is 34.9 Å². The molecule has 1 aromatic carbocycles. The largest absolute Gasteiger partial charge is 0.322 e. The van der Waals surface area contributed by atoms with Crippen LogP contribution in [0.3, 0.4) is 0 Å². The third-order valence-electron chi connectivity index (χ3n) is 2.43. The Balaban J connectivity index is 2.43. The standard InChI is InChI=1S/C12H16ClNO/c1-2-11(14)12(15)8-5-9-3-6-10(13)7-4-9/h3-4,6-7,11H,2,5,8,14H2,1H3. The number of benzene rings is 1. The minimum atomic E-state index is -0.308. The fourth-order valence-corrected chi connectivity index (χ4v) is 1.46. The Bertz CT molecular complexity index is 321. The van der Waals surface area contributed by atoms with Gasteiger partial charge in [0, 0.05) is 11.4 Å². The van der Waals surface area contributed by atoms with Crippen molar-refractivity contribution in [2.75, 3.05) is 0 Å². The van der Waals surface area contributed by atoms with Gasteiger partial charge in [0.1, 0.15) is 5.78 Å². The van der Waals surface area contributed by atoms with E-state index in [0.29, 0.717) is 12.8 Å². The van der Waals surface area contributed by atoms with Crippen LogP contribution < -0.4 is 5.73 Å². The molecular formula is C12H16ClNO. The molecule has 0 bridgehead atoms. The Kier molecular flexibility index (Phi) is 4.79. The van der Waals surface area contributed by atoms with Crippen LogP contribution in [0.2, 0.25) is 5.02 Å². The summed E-state index contributed by atoms with van der Waals surface area (Å²) >= 11 is 5.76. The van der Waals surface area contributed by atoms with Crippen LogP contribution in [-0.2, 0) is 11.2 Å². The fourth-order valence-electron chi connectivity index (χ4n) is 1.33. The molecule has 2 N–H and O–H groups in total. The molecule has 1 aromatic rings. The Morgan fingerprint density at radius 3 is 2.53 bits per heavy atom. The third-order valence-corrected chi connectivity index (χ3v) is 2.68. The van der Waals surface area contributed by atoms with E-state index < -0.39 is 0 Å². The highest BCUT2D eigenvalue weighted by atomic mass is 35.5. The number of hydrogen-bond acceptors (Lipinski definition) is 2. The maximum absolute atomic E-state index is 11.5. The minimum Gasteiger partial charge on any atom is -0.322 e. The van der Waals surface area contributed by atoms with E-state index in [0.717, 1.165) is 17.0 Å². The summed E-state index contributed by atoms with van der Waals surface area (Å²) in [5, 5.41) is 0.718. The van der Waals surface area contributed by atoms with Crippen molar-refractivity contribution in [3.63, 3.8) is 0 Å². The lowest BCUT2D eigenvalue weighted by atomic mass is 10.0. The molecule has 15 heavy (non-hydrogen) atoms. The van der Waals surface area contributed by atoms with E-state index >= 15 is 0 Å². The highest BCUT2D eigenvalue weighted by Gasteiger charge is 2.10. The Morgan fingerprint density at radius 2 is 2.00 bits per heavy atom. The summed E-state index contributed by atoms with van der Waals surface area (Å²) in [5.41, 5.74) is 6.76. The molecule has 1 atom stereocenters.